The first kappa shape index (κ1) is 15.6. The Bertz CT molecular complexity index is 917. The lowest BCUT2D eigenvalue weighted by molar-refractivity contribution is 0.881. The molecule has 0 bridgehead atoms. The maximum Gasteiger partial charge on any atom is 0.133 e. The van der Waals surface area contributed by atoms with Crippen molar-refractivity contribution in [2.24, 2.45) is 0 Å². The Morgan fingerprint density at radius 2 is 2.04 bits per heavy atom. The first-order chi connectivity index (χ1) is 11.7. The largest absolute Gasteiger partial charge is 0.369 e. The molecule has 1 aliphatic heterocycles. The molecule has 0 saturated heterocycles. The zero-order valence-electron chi connectivity index (χ0n) is 13.6. The summed E-state index contributed by atoms with van der Waals surface area (Å²) in [5.41, 5.74) is 5.61. The Morgan fingerprint density at radius 3 is 2.83 bits per heavy atom. The summed E-state index contributed by atoms with van der Waals surface area (Å²) in [6.07, 6.45) is 3.10. The van der Waals surface area contributed by atoms with E-state index in [2.05, 4.69) is 41.9 Å². The molecule has 0 radical (unpaired) electrons. The van der Waals surface area contributed by atoms with E-state index in [-0.39, 0.29) is 0 Å². The van der Waals surface area contributed by atoms with E-state index in [4.69, 9.17) is 16.7 Å². The van der Waals surface area contributed by atoms with Crippen molar-refractivity contribution in [1.82, 2.24) is 9.78 Å². The van der Waals surface area contributed by atoms with Crippen LogP contribution in [0.3, 0.4) is 0 Å². The molecule has 1 N–H and O–H groups in total. The third kappa shape index (κ3) is 2.50. The fraction of sp³-hybridized carbons (Fsp3) is 0.211. The van der Waals surface area contributed by atoms with Crippen molar-refractivity contribution in [3.63, 3.8) is 0 Å². The van der Waals surface area contributed by atoms with E-state index >= 15 is 0 Å². The van der Waals surface area contributed by atoms with E-state index in [1.54, 1.807) is 11.8 Å². The lowest BCUT2D eigenvalue weighted by Crippen LogP contribution is -2.04. The maximum absolute atomic E-state index is 6.32. The molecule has 5 heteroatoms. The Hall–Kier alpha value is -1.91. The number of nitrogens with zero attached hydrogens (tertiary/aromatic N) is 2. The van der Waals surface area contributed by atoms with Crippen molar-refractivity contribution in [1.29, 1.82) is 0 Å². The summed E-state index contributed by atoms with van der Waals surface area (Å²) in [6, 6.07) is 14.5. The van der Waals surface area contributed by atoms with E-state index in [1.807, 2.05) is 23.7 Å². The van der Waals surface area contributed by atoms with Crippen LogP contribution >= 0.6 is 23.4 Å². The summed E-state index contributed by atoms with van der Waals surface area (Å²) in [7, 11) is 0. The van der Waals surface area contributed by atoms with Crippen LogP contribution in [0.2, 0.25) is 5.02 Å². The predicted molar refractivity (Wildman–Crippen MR) is 103 cm³/mol. The van der Waals surface area contributed by atoms with Gasteiger partial charge in [0.15, 0.2) is 0 Å². The van der Waals surface area contributed by atoms with Crippen molar-refractivity contribution in [2.75, 3.05) is 18.1 Å². The van der Waals surface area contributed by atoms with Gasteiger partial charge in [0.05, 0.1) is 11.4 Å². The molecule has 122 valence electrons. The third-order valence-corrected chi connectivity index (χ3v) is 5.62. The molecular formula is C19H18ClN3S. The highest BCUT2D eigenvalue weighted by molar-refractivity contribution is 7.98. The van der Waals surface area contributed by atoms with E-state index in [9.17, 15) is 0 Å². The molecule has 1 aromatic heterocycles. The van der Waals surface area contributed by atoms with Crippen LogP contribution in [0.5, 0.6) is 0 Å². The number of anilines is 1. The number of halogens is 1. The lowest BCUT2D eigenvalue weighted by Gasteiger charge is -2.08. The number of aryl methyl sites for hydroxylation is 1. The molecular weight excluding hydrogens is 338 g/mol. The maximum atomic E-state index is 6.32. The molecule has 0 amide bonds. The molecule has 0 aliphatic carbocycles. The Labute approximate surface area is 151 Å². The van der Waals surface area contributed by atoms with Gasteiger partial charge in [-0.25, -0.2) is 4.68 Å². The van der Waals surface area contributed by atoms with Crippen LogP contribution in [0.15, 0.2) is 47.4 Å². The standard InChI is InChI=1S/C19H18ClN3S/c1-12-7-8-13(11-16(12)20)23-19-15(9-10-21-19)18(22-23)14-5-3-4-6-17(14)24-2/h3-8,11,21H,9-10H2,1-2H3. The Morgan fingerprint density at radius 1 is 1.21 bits per heavy atom. The molecule has 2 heterocycles. The summed E-state index contributed by atoms with van der Waals surface area (Å²) in [5, 5.41) is 9.18. The molecule has 3 aromatic rings. The number of rotatable bonds is 3. The second kappa shape index (κ2) is 6.19. The van der Waals surface area contributed by atoms with Crippen LogP contribution in [0.1, 0.15) is 11.1 Å². The number of aromatic nitrogens is 2. The number of fused-ring (bicyclic) bond motifs is 1. The second-order valence-electron chi connectivity index (χ2n) is 5.90. The predicted octanol–water partition coefficient (Wildman–Crippen LogP) is 5.19. The molecule has 24 heavy (non-hydrogen) atoms. The number of nitrogens with one attached hydrogen (secondary N) is 1. The fourth-order valence-electron chi connectivity index (χ4n) is 3.13. The third-order valence-electron chi connectivity index (χ3n) is 4.41. The van der Waals surface area contributed by atoms with Gasteiger partial charge in [0.1, 0.15) is 5.82 Å². The summed E-state index contributed by atoms with van der Waals surface area (Å²) in [6.45, 7) is 2.96. The first-order valence-electron chi connectivity index (χ1n) is 7.94. The summed E-state index contributed by atoms with van der Waals surface area (Å²) < 4.78 is 1.99. The van der Waals surface area contributed by atoms with Crippen LogP contribution in [0.4, 0.5) is 5.82 Å². The molecule has 4 rings (SSSR count). The van der Waals surface area contributed by atoms with Gasteiger partial charge in [-0.3, -0.25) is 0 Å². The minimum absolute atomic E-state index is 0.765. The van der Waals surface area contributed by atoms with E-state index in [1.165, 1.54) is 16.0 Å². The van der Waals surface area contributed by atoms with Crippen LogP contribution in [0.25, 0.3) is 16.9 Å². The van der Waals surface area contributed by atoms with Crippen LogP contribution in [0, 0.1) is 6.92 Å². The van der Waals surface area contributed by atoms with Crippen LogP contribution in [-0.4, -0.2) is 22.6 Å². The van der Waals surface area contributed by atoms with Gasteiger partial charge >= 0.3 is 0 Å². The summed E-state index contributed by atoms with van der Waals surface area (Å²) in [5.74, 6) is 1.08. The Kier molecular flexibility index (Phi) is 4.02. The quantitative estimate of drug-likeness (QED) is 0.655. The summed E-state index contributed by atoms with van der Waals surface area (Å²) in [4.78, 5) is 1.25. The topological polar surface area (TPSA) is 29.9 Å². The zero-order valence-corrected chi connectivity index (χ0v) is 15.2. The lowest BCUT2D eigenvalue weighted by atomic mass is 10.1. The van der Waals surface area contributed by atoms with Gasteiger partial charge in [-0.2, -0.15) is 5.10 Å². The van der Waals surface area contributed by atoms with Crippen molar-refractivity contribution < 1.29 is 0 Å². The van der Waals surface area contributed by atoms with Crippen LogP contribution in [-0.2, 0) is 6.42 Å². The van der Waals surface area contributed by atoms with E-state index < -0.39 is 0 Å². The van der Waals surface area contributed by atoms with E-state index in [0.29, 0.717) is 0 Å². The average Bonchev–Trinajstić information content (AvgIpc) is 3.20. The highest BCUT2D eigenvalue weighted by atomic mass is 35.5. The molecule has 0 fully saturated rings. The van der Waals surface area contributed by atoms with Gasteiger partial charge in [0, 0.05) is 27.6 Å². The first-order valence-corrected chi connectivity index (χ1v) is 9.55. The highest BCUT2D eigenvalue weighted by Crippen LogP contribution is 2.38. The smallest absolute Gasteiger partial charge is 0.133 e. The number of thioether (sulfide) groups is 1. The monoisotopic (exact) mass is 355 g/mol. The number of hydrogen-bond acceptors (Lipinski definition) is 3. The fourth-order valence-corrected chi connectivity index (χ4v) is 3.91. The minimum Gasteiger partial charge on any atom is -0.369 e. The molecule has 3 nitrogen and oxygen atoms in total. The molecule has 0 unspecified atom stereocenters. The molecule has 0 atom stereocenters. The van der Waals surface area contributed by atoms with Crippen LogP contribution < -0.4 is 5.32 Å². The summed E-state index contributed by atoms with van der Waals surface area (Å²) >= 11 is 8.08. The molecule has 2 aromatic carbocycles. The molecule has 1 aliphatic rings. The van der Waals surface area contributed by atoms with Gasteiger partial charge in [0.25, 0.3) is 0 Å². The normalized spacial score (nSPS) is 13.0. The number of benzene rings is 2. The highest BCUT2D eigenvalue weighted by Gasteiger charge is 2.25. The second-order valence-corrected chi connectivity index (χ2v) is 7.15. The van der Waals surface area contributed by atoms with Gasteiger partial charge in [-0.1, -0.05) is 35.9 Å². The van der Waals surface area contributed by atoms with Gasteiger partial charge in [-0.05, 0) is 43.4 Å². The van der Waals surface area contributed by atoms with E-state index in [0.717, 1.165) is 40.8 Å². The zero-order chi connectivity index (χ0) is 16.7. The van der Waals surface area contributed by atoms with Gasteiger partial charge < -0.3 is 5.32 Å². The molecule has 0 saturated carbocycles. The Balaban J connectivity index is 1.91. The molecule has 0 spiro atoms. The van der Waals surface area contributed by atoms with Crippen molar-refractivity contribution in [2.45, 2.75) is 18.2 Å². The number of hydrogen-bond donors (Lipinski definition) is 1. The average molecular weight is 356 g/mol. The van der Waals surface area contributed by atoms with Gasteiger partial charge in [0.2, 0.25) is 0 Å². The SMILES string of the molecule is CSc1ccccc1-c1nn(-c2ccc(C)c(Cl)c2)c2c1CCN2. The van der Waals surface area contributed by atoms with Gasteiger partial charge in [-0.15, -0.1) is 11.8 Å². The van der Waals surface area contributed by atoms with Crippen molar-refractivity contribution >= 4 is 29.2 Å². The minimum atomic E-state index is 0.765. The van der Waals surface area contributed by atoms with Crippen molar-refractivity contribution in [3.8, 4) is 16.9 Å². The van der Waals surface area contributed by atoms with Crippen molar-refractivity contribution in [3.05, 3.63) is 58.6 Å².